The van der Waals surface area contributed by atoms with Crippen LogP contribution in [0, 0.1) is 0 Å². The molecule has 0 aliphatic rings. The third kappa shape index (κ3) is 4.57. The van der Waals surface area contributed by atoms with Crippen LogP contribution in [0.25, 0.3) is 0 Å². The Balaban J connectivity index is 2.34. The van der Waals surface area contributed by atoms with Crippen LogP contribution in [0.1, 0.15) is 0 Å². The lowest BCUT2D eigenvalue weighted by Crippen LogP contribution is -2.26. The summed E-state index contributed by atoms with van der Waals surface area (Å²) in [4.78, 5) is 16.2. The number of hydrogen-bond acceptors (Lipinski definition) is 5. The number of phenols is 1. The number of amides is 2. The van der Waals surface area contributed by atoms with E-state index in [1.54, 1.807) is 12.1 Å². The number of hydrogen-bond donors (Lipinski definition) is 3. The van der Waals surface area contributed by atoms with Crippen molar-refractivity contribution >= 4 is 62.2 Å². The first-order chi connectivity index (χ1) is 12.6. The van der Waals surface area contributed by atoms with Crippen molar-refractivity contribution in [3.8, 4) is 5.75 Å². The predicted molar refractivity (Wildman–Crippen MR) is 104 cm³/mol. The van der Waals surface area contributed by atoms with E-state index in [0.29, 0.717) is 4.47 Å². The highest BCUT2D eigenvalue weighted by atomic mass is 35.5. The van der Waals surface area contributed by atoms with E-state index in [2.05, 4.69) is 15.5 Å². The highest BCUT2D eigenvalue weighted by Crippen LogP contribution is 2.38. The molecule has 0 radical (unpaired) electrons. The van der Waals surface area contributed by atoms with Gasteiger partial charge in [-0.25, -0.2) is 13.2 Å². The number of nitrogens with one attached hydrogen (secondary N) is 2. The van der Waals surface area contributed by atoms with Gasteiger partial charge in [-0.2, -0.15) is 0 Å². The van der Waals surface area contributed by atoms with Crippen molar-refractivity contribution in [2.45, 2.75) is 4.90 Å². The van der Waals surface area contributed by atoms with Crippen molar-refractivity contribution < 1.29 is 23.2 Å². The topological polar surface area (TPSA) is 108 Å². The van der Waals surface area contributed by atoms with Crippen LogP contribution in [-0.4, -0.2) is 38.2 Å². The molecule has 0 spiro atoms. The van der Waals surface area contributed by atoms with Crippen LogP contribution in [0.4, 0.5) is 16.2 Å². The number of benzene rings is 2. The second-order valence-electron chi connectivity index (χ2n) is 5.05. The van der Waals surface area contributed by atoms with Gasteiger partial charge in [-0.15, -0.1) is 0 Å². The summed E-state index contributed by atoms with van der Waals surface area (Å²) in [6.07, 6.45) is 0. The van der Waals surface area contributed by atoms with E-state index < -0.39 is 26.7 Å². The summed E-state index contributed by atoms with van der Waals surface area (Å²) < 4.78 is 25.3. The van der Waals surface area contributed by atoms with Gasteiger partial charge >= 0.3 is 6.03 Å². The number of rotatable bonds is 5. The number of aromatic hydroxyl groups is 1. The van der Waals surface area contributed by atoms with Crippen LogP contribution in [0.2, 0.25) is 15.1 Å². The van der Waals surface area contributed by atoms with Gasteiger partial charge in [0.05, 0.1) is 33.6 Å². The van der Waals surface area contributed by atoms with Crippen molar-refractivity contribution in [1.29, 1.82) is 0 Å². The fourth-order valence-corrected chi connectivity index (χ4v) is 3.91. The van der Waals surface area contributed by atoms with Crippen molar-refractivity contribution in [3.05, 3.63) is 45.4 Å². The third-order valence-electron chi connectivity index (χ3n) is 3.38. The maximum absolute atomic E-state index is 12.4. The minimum absolute atomic E-state index is 0.125. The Hall–Kier alpha value is -1.75. The Morgan fingerprint density at radius 3 is 2.33 bits per heavy atom. The lowest BCUT2D eigenvalue weighted by atomic mass is 10.3. The van der Waals surface area contributed by atoms with Gasteiger partial charge in [-0.3, -0.25) is 4.84 Å². The number of carbonyl (C=O) groups excluding carboxylic acids is 1. The molecule has 0 aliphatic heterocycles. The highest BCUT2D eigenvalue weighted by Gasteiger charge is 2.29. The van der Waals surface area contributed by atoms with Gasteiger partial charge in [0.25, 0.3) is 10.0 Å². The molecule has 8 nitrogen and oxygen atoms in total. The Morgan fingerprint density at radius 2 is 1.70 bits per heavy atom. The van der Waals surface area contributed by atoms with E-state index in [-0.39, 0.29) is 26.4 Å². The third-order valence-corrected chi connectivity index (χ3v) is 6.39. The first-order valence-electron chi connectivity index (χ1n) is 7.16. The van der Waals surface area contributed by atoms with E-state index in [0.717, 1.165) is 14.2 Å². The smallest absolute Gasteiger partial charge is 0.323 e. The molecule has 3 N–H and O–H groups in total. The number of hydroxylamine groups is 1. The average Bonchev–Trinajstić information content (AvgIpc) is 2.60. The van der Waals surface area contributed by atoms with Crippen LogP contribution in [0.5, 0.6) is 5.75 Å². The maximum Gasteiger partial charge on any atom is 0.323 e. The first kappa shape index (κ1) is 21.5. The van der Waals surface area contributed by atoms with Crippen LogP contribution in [-0.2, 0) is 14.9 Å². The zero-order valence-corrected chi connectivity index (χ0v) is 17.0. The Labute approximate surface area is 170 Å². The first-order valence-corrected chi connectivity index (χ1v) is 9.73. The summed E-state index contributed by atoms with van der Waals surface area (Å²) in [5, 5.41) is 15.2. The number of anilines is 2. The molecule has 2 aromatic rings. The molecule has 0 saturated carbocycles. The quantitative estimate of drug-likeness (QED) is 0.464. The molecule has 0 saturated heterocycles. The molecular formula is C15H14Cl3N3O5S. The van der Waals surface area contributed by atoms with Gasteiger partial charge in [-0.05, 0) is 24.3 Å². The molecule has 27 heavy (non-hydrogen) atoms. The van der Waals surface area contributed by atoms with Crippen LogP contribution in [0.15, 0.2) is 35.2 Å². The van der Waals surface area contributed by atoms with Gasteiger partial charge in [0.1, 0.15) is 4.90 Å². The standard InChI is InChI=1S/C15H14Cl3N3O5S/c1-21(26-2)27(24,25)14-9(17)6-7-11(13(14)22)20-15(23)19-10-5-3-4-8(16)12(10)18/h3-7,22H,1-2H3,(H2,19,20,23). The second-order valence-corrected chi connectivity index (χ2v) is 8.12. The number of nitrogens with zero attached hydrogens (tertiary/aromatic N) is 1. The lowest BCUT2D eigenvalue weighted by Gasteiger charge is -2.18. The largest absolute Gasteiger partial charge is 0.504 e. The Morgan fingerprint density at radius 1 is 1.07 bits per heavy atom. The number of sulfonamides is 1. The Kier molecular flexibility index (Phi) is 6.79. The monoisotopic (exact) mass is 453 g/mol. The van der Waals surface area contributed by atoms with Gasteiger partial charge in [-0.1, -0.05) is 45.3 Å². The molecule has 0 atom stereocenters. The summed E-state index contributed by atoms with van der Waals surface area (Å²) in [5.74, 6) is -0.751. The van der Waals surface area contributed by atoms with E-state index in [9.17, 15) is 18.3 Å². The normalized spacial score (nSPS) is 11.5. The molecule has 0 heterocycles. The molecule has 0 bridgehead atoms. The maximum atomic E-state index is 12.4. The van der Waals surface area contributed by atoms with E-state index >= 15 is 0 Å². The van der Waals surface area contributed by atoms with Gasteiger partial charge in [0.2, 0.25) is 0 Å². The van der Waals surface area contributed by atoms with Gasteiger partial charge < -0.3 is 15.7 Å². The molecule has 0 aliphatic carbocycles. The van der Waals surface area contributed by atoms with Crippen LogP contribution < -0.4 is 10.6 Å². The molecular weight excluding hydrogens is 441 g/mol. The molecule has 0 fully saturated rings. The van der Waals surface area contributed by atoms with Crippen LogP contribution >= 0.6 is 34.8 Å². The minimum atomic E-state index is -4.26. The Bertz CT molecular complexity index is 985. The van der Waals surface area contributed by atoms with Gasteiger partial charge in [0, 0.05) is 7.05 Å². The molecule has 0 unspecified atom stereocenters. The molecule has 0 aromatic heterocycles. The molecule has 2 rings (SSSR count). The number of carbonyl (C=O) groups is 1. The van der Waals surface area contributed by atoms with Gasteiger partial charge in [0.15, 0.2) is 5.75 Å². The fourth-order valence-electron chi connectivity index (χ4n) is 2.00. The summed E-state index contributed by atoms with van der Waals surface area (Å²) in [5.41, 5.74) is 0.0280. The average molecular weight is 455 g/mol. The van der Waals surface area contributed by atoms with Crippen molar-refractivity contribution in [3.63, 3.8) is 0 Å². The molecule has 2 amide bonds. The second kappa shape index (κ2) is 8.51. The van der Waals surface area contributed by atoms with E-state index in [4.69, 9.17) is 34.8 Å². The van der Waals surface area contributed by atoms with Crippen molar-refractivity contribution in [2.24, 2.45) is 0 Å². The number of phenolic OH excluding ortho intramolecular Hbond substituents is 1. The van der Waals surface area contributed by atoms with E-state index in [1.165, 1.54) is 18.2 Å². The summed E-state index contributed by atoms with van der Waals surface area (Å²) in [6.45, 7) is 0. The molecule has 146 valence electrons. The van der Waals surface area contributed by atoms with Crippen LogP contribution in [0.3, 0.4) is 0 Å². The fraction of sp³-hybridized carbons (Fsp3) is 0.133. The molecule has 12 heteroatoms. The minimum Gasteiger partial charge on any atom is -0.504 e. The SMILES string of the molecule is CON(C)S(=O)(=O)c1c(Cl)ccc(NC(=O)Nc2cccc(Cl)c2Cl)c1O. The summed E-state index contributed by atoms with van der Waals surface area (Å²) in [7, 11) is -2.01. The van der Waals surface area contributed by atoms with Crippen molar-refractivity contribution in [2.75, 3.05) is 24.8 Å². The van der Waals surface area contributed by atoms with Crippen molar-refractivity contribution in [1.82, 2.24) is 4.47 Å². The zero-order chi connectivity index (χ0) is 20.4. The predicted octanol–water partition coefficient (Wildman–Crippen LogP) is 4.18. The lowest BCUT2D eigenvalue weighted by molar-refractivity contribution is -0.0259. The summed E-state index contributed by atoms with van der Waals surface area (Å²) in [6, 6.07) is 6.29. The zero-order valence-electron chi connectivity index (χ0n) is 14.0. The number of urea groups is 1. The number of halogens is 3. The molecule has 2 aromatic carbocycles. The summed E-state index contributed by atoms with van der Waals surface area (Å²) >= 11 is 17.8. The van der Waals surface area contributed by atoms with E-state index in [1.807, 2.05) is 0 Å². The highest BCUT2D eigenvalue weighted by molar-refractivity contribution is 7.89.